The molecular formula is C30H33N3O. The summed E-state index contributed by atoms with van der Waals surface area (Å²) in [5.41, 5.74) is 8.65. The van der Waals surface area contributed by atoms with Crippen LogP contribution in [0.25, 0.3) is 33.5 Å². The summed E-state index contributed by atoms with van der Waals surface area (Å²) in [6.07, 6.45) is 5.84. The van der Waals surface area contributed by atoms with Gasteiger partial charge in [-0.1, -0.05) is 67.3 Å². The summed E-state index contributed by atoms with van der Waals surface area (Å²) in [5, 5.41) is 3.23. The lowest BCUT2D eigenvalue weighted by molar-refractivity contribution is 0.0928. The highest BCUT2D eigenvalue weighted by atomic mass is 16.1. The Kier molecular flexibility index (Phi) is 6.23. The van der Waals surface area contributed by atoms with Crippen LogP contribution in [-0.4, -0.2) is 21.5 Å². The fourth-order valence-electron chi connectivity index (χ4n) is 5.34. The quantitative estimate of drug-likeness (QED) is 0.353. The van der Waals surface area contributed by atoms with Gasteiger partial charge in [-0.3, -0.25) is 4.79 Å². The van der Waals surface area contributed by atoms with Gasteiger partial charge in [-0.2, -0.15) is 0 Å². The number of nitrogens with one attached hydrogen (secondary N) is 1. The van der Waals surface area contributed by atoms with Crippen molar-refractivity contribution in [2.75, 3.05) is 0 Å². The van der Waals surface area contributed by atoms with Gasteiger partial charge >= 0.3 is 0 Å². The second-order valence-electron chi connectivity index (χ2n) is 9.56. The van der Waals surface area contributed by atoms with Gasteiger partial charge in [0.15, 0.2) is 0 Å². The van der Waals surface area contributed by atoms with Crippen LogP contribution in [0.4, 0.5) is 0 Å². The summed E-state index contributed by atoms with van der Waals surface area (Å²) in [6, 6.07) is 21.3. The molecule has 0 aliphatic heterocycles. The Morgan fingerprint density at radius 3 is 2.44 bits per heavy atom. The molecule has 1 fully saturated rings. The molecule has 0 saturated heterocycles. The van der Waals surface area contributed by atoms with Crippen molar-refractivity contribution >= 4 is 16.9 Å². The summed E-state index contributed by atoms with van der Waals surface area (Å²) < 4.78 is 2.25. The zero-order valence-electron chi connectivity index (χ0n) is 20.4. The van der Waals surface area contributed by atoms with Gasteiger partial charge in [-0.05, 0) is 68.5 Å². The number of amides is 1. The molecule has 34 heavy (non-hydrogen) atoms. The van der Waals surface area contributed by atoms with E-state index in [1.165, 1.54) is 41.5 Å². The number of carbonyl (C=O) groups excluding carboxylic acids is 1. The third-order valence-corrected chi connectivity index (χ3v) is 7.11. The Morgan fingerprint density at radius 2 is 1.71 bits per heavy atom. The molecule has 1 saturated carbocycles. The van der Waals surface area contributed by atoms with Gasteiger partial charge in [0.05, 0.1) is 11.0 Å². The monoisotopic (exact) mass is 451 g/mol. The van der Waals surface area contributed by atoms with Crippen molar-refractivity contribution in [2.45, 2.75) is 65.5 Å². The van der Waals surface area contributed by atoms with Crippen molar-refractivity contribution in [3.05, 3.63) is 77.4 Å². The van der Waals surface area contributed by atoms with Gasteiger partial charge in [0.2, 0.25) is 0 Å². The van der Waals surface area contributed by atoms with E-state index in [0.717, 1.165) is 41.8 Å². The molecule has 1 amide bonds. The highest BCUT2D eigenvalue weighted by Crippen LogP contribution is 2.35. The number of nitrogens with zero attached hydrogens (tertiary/aromatic N) is 2. The first-order valence-corrected chi connectivity index (χ1v) is 12.5. The van der Waals surface area contributed by atoms with E-state index < -0.39 is 0 Å². The minimum atomic E-state index is 0.0112. The van der Waals surface area contributed by atoms with E-state index in [0.29, 0.717) is 11.6 Å². The van der Waals surface area contributed by atoms with Gasteiger partial charge in [-0.25, -0.2) is 4.98 Å². The van der Waals surface area contributed by atoms with Gasteiger partial charge in [0, 0.05) is 23.7 Å². The molecule has 3 aromatic carbocycles. The van der Waals surface area contributed by atoms with Crippen molar-refractivity contribution in [3.8, 4) is 22.5 Å². The number of benzene rings is 3. The maximum absolute atomic E-state index is 12.9. The zero-order valence-corrected chi connectivity index (χ0v) is 20.4. The average Bonchev–Trinajstić information content (AvgIpc) is 3.22. The van der Waals surface area contributed by atoms with E-state index in [1.54, 1.807) is 0 Å². The molecule has 1 aromatic heterocycles. The van der Waals surface area contributed by atoms with E-state index in [4.69, 9.17) is 4.98 Å². The number of fused-ring (bicyclic) bond motifs is 1. The number of aryl methyl sites for hydroxylation is 3. The molecule has 1 heterocycles. The molecule has 1 aliphatic carbocycles. The topological polar surface area (TPSA) is 46.9 Å². The van der Waals surface area contributed by atoms with E-state index in [-0.39, 0.29) is 5.91 Å². The van der Waals surface area contributed by atoms with Crippen molar-refractivity contribution in [2.24, 2.45) is 0 Å². The van der Waals surface area contributed by atoms with E-state index >= 15 is 0 Å². The van der Waals surface area contributed by atoms with Crippen molar-refractivity contribution in [1.82, 2.24) is 14.9 Å². The summed E-state index contributed by atoms with van der Waals surface area (Å²) in [7, 11) is 0. The van der Waals surface area contributed by atoms with Crippen LogP contribution < -0.4 is 5.32 Å². The standard InChI is InChI=1S/C30H33N3O/c1-4-33-28-17-15-22(30(34)31-23-10-6-5-7-11-23)19-27(28)32-29(33)26-13-9-8-12-25(26)24-16-14-20(2)18-21(24)3/h8-9,12-19,23H,4-7,10-11H2,1-3H3,(H,31,34). The Balaban J connectivity index is 1.55. The lowest BCUT2D eigenvalue weighted by Gasteiger charge is -2.22. The van der Waals surface area contributed by atoms with Gasteiger partial charge in [0.1, 0.15) is 5.82 Å². The Hall–Kier alpha value is -3.40. The molecule has 4 nitrogen and oxygen atoms in total. The number of hydrogen-bond donors (Lipinski definition) is 1. The van der Waals surface area contributed by atoms with E-state index in [1.807, 2.05) is 18.2 Å². The third-order valence-electron chi connectivity index (χ3n) is 7.11. The van der Waals surface area contributed by atoms with Crippen molar-refractivity contribution in [1.29, 1.82) is 0 Å². The average molecular weight is 452 g/mol. The highest BCUT2D eigenvalue weighted by molar-refractivity contribution is 5.98. The SMILES string of the molecule is CCn1c(-c2ccccc2-c2ccc(C)cc2C)nc2cc(C(=O)NC3CCCCC3)ccc21. The summed E-state index contributed by atoms with van der Waals surface area (Å²) in [4.78, 5) is 18.0. The first kappa shape index (κ1) is 22.4. The highest BCUT2D eigenvalue weighted by Gasteiger charge is 2.20. The summed E-state index contributed by atoms with van der Waals surface area (Å²) in [5.74, 6) is 0.954. The normalized spacial score (nSPS) is 14.4. The number of carbonyl (C=O) groups is 1. The summed E-state index contributed by atoms with van der Waals surface area (Å²) >= 11 is 0. The van der Waals surface area contributed by atoms with Gasteiger partial charge in [-0.15, -0.1) is 0 Å². The number of imidazole rings is 1. The minimum Gasteiger partial charge on any atom is -0.349 e. The number of rotatable bonds is 5. The van der Waals surface area contributed by atoms with Crippen LogP contribution in [-0.2, 0) is 6.54 Å². The molecule has 0 atom stereocenters. The first-order valence-electron chi connectivity index (χ1n) is 12.5. The van der Waals surface area contributed by atoms with Crippen molar-refractivity contribution in [3.63, 3.8) is 0 Å². The molecule has 0 radical (unpaired) electrons. The van der Waals surface area contributed by atoms with E-state index in [9.17, 15) is 4.79 Å². The maximum Gasteiger partial charge on any atom is 0.251 e. The molecule has 4 aromatic rings. The zero-order chi connectivity index (χ0) is 23.7. The van der Waals surface area contributed by atoms with Crippen LogP contribution >= 0.6 is 0 Å². The van der Waals surface area contributed by atoms with Gasteiger partial charge < -0.3 is 9.88 Å². The van der Waals surface area contributed by atoms with E-state index in [2.05, 4.69) is 73.1 Å². The summed E-state index contributed by atoms with van der Waals surface area (Å²) in [6.45, 7) is 7.25. The Labute approximate surface area is 202 Å². The van der Waals surface area contributed by atoms with Crippen LogP contribution in [0.2, 0.25) is 0 Å². The van der Waals surface area contributed by atoms with Crippen LogP contribution in [0.5, 0.6) is 0 Å². The second kappa shape index (κ2) is 9.46. The first-order chi connectivity index (χ1) is 16.5. The Morgan fingerprint density at radius 1 is 0.941 bits per heavy atom. The predicted molar refractivity (Wildman–Crippen MR) is 140 cm³/mol. The van der Waals surface area contributed by atoms with Crippen LogP contribution in [0, 0.1) is 13.8 Å². The van der Waals surface area contributed by atoms with Gasteiger partial charge in [0.25, 0.3) is 5.91 Å². The molecule has 1 aliphatic rings. The fraction of sp³-hybridized carbons (Fsp3) is 0.333. The maximum atomic E-state index is 12.9. The molecular weight excluding hydrogens is 418 g/mol. The molecule has 0 unspecified atom stereocenters. The molecule has 4 heteroatoms. The second-order valence-corrected chi connectivity index (χ2v) is 9.56. The lowest BCUT2D eigenvalue weighted by Crippen LogP contribution is -2.36. The fourth-order valence-corrected chi connectivity index (χ4v) is 5.34. The largest absolute Gasteiger partial charge is 0.349 e. The molecule has 1 N–H and O–H groups in total. The van der Waals surface area contributed by atoms with Crippen LogP contribution in [0.1, 0.15) is 60.5 Å². The molecule has 5 rings (SSSR count). The predicted octanol–water partition coefficient (Wildman–Crippen LogP) is 7.07. The number of aromatic nitrogens is 2. The van der Waals surface area contributed by atoms with Crippen LogP contribution in [0.15, 0.2) is 60.7 Å². The van der Waals surface area contributed by atoms with Crippen molar-refractivity contribution < 1.29 is 4.79 Å². The molecule has 0 bridgehead atoms. The van der Waals surface area contributed by atoms with Crippen LogP contribution in [0.3, 0.4) is 0 Å². The number of hydrogen-bond acceptors (Lipinski definition) is 2. The molecule has 0 spiro atoms. The third kappa shape index (κ3) is 4.25. The minimum absolute atomic E-state index is 0.0112. The Bertz CT molecular complexity index is 1340. The molecule has 174 valence electrons. The smallest absolute Gasteiger partial charge is 0.251 e. The lowest BCUT2D eigenvalue weighted by atomic mass is 9.94.